The Balaban J connectivity index is 1.99. The van der Waals surface area contributed by atoms with Crippen molar-refractivity contribution in [3.05, 3.63) is 64.1 Å². The molecule has 1 saturated carbocycles. The predicted octanol–water partition coefficient (Wildman–Crippen LogP) is 4.73. The maximum Gasteiger partial charge on any atom is 0.255 e. The smallest absolute Gasteiger partial charge is 0.255 e. The third-order valence-electron chi connectivity index (χ3n) is 4.84. The summed E-state index contributed by atoms with van der Waals surface area (Å²) in [4.78, 5) is 12.8. The molecule has 1 aliphatic rings. The highest BCUT2D eigenvalue weighted by Crippen LogP contribution is 2.35. The fourth-order valence-electron chi connectivity index (χ4n) is 3.12. The second-order valence-electron chi connectivity index (χ2n) is 6.46. The summed E-state index contributed by atoms with van der Waals surface area (Å²) in [6.07, 6.45) is 6.87. The lowest BCUT2D eigenvalue weighted by atomic mass is 9.93. The van der Waals surface area contributed by atoms with Crippen molar-refractivity contribution in [3.8, 4) is 0 Å². The van der Waals surface area contributed by atoms with Crippen LogP contribution in [0.2, 0.25) is 0 Å². The van der Waals surface area contributed by atoms with Gasteiger partial charge in [0.2, 0.25) is 0 Å². The first-order valence-corrected chi connectivity index (χ1v) is 9.68. The summed E-state index contributed by atoms with van der Waals surface area (Å²) in [5.41, 5.74) is 8.21. The number of hydrogen-bond donors (Lipinski definition) is 2. The van der Waals surface area contributed by atoms with Crippen LogP contribution in [0.25, 0.3) is 10.9 Å². The zero-order valence-electron chi connectivity index (χ0n) is 15.1. The number of carbonyl (C=O) groups excluding carboxylic acids is 1. The lowest BCUT2D eigenvalue weighted by Crippen LogP contribution is -2.24. The molecule has 3 rings (SSSR count). The number of nitrogens with zero attached hydrogens (tertiary/aromatic N) is 2. The second-order valence-corrected chi connectivity index (χ2v) is 7.27. The number of allylic oxidation sites excluding steroid dienone is 3. The number of aryl methyl sites for hydroxylation is 1. The molecule has 1 aliphatic carbocycles. The van der Waals surface area contributed by atoms with Gasteiger partial charge in [0.1, 0.15) is 0 Å². The third kappa shape index (κ3) is 3.75. The number of carbonyl (C=O) groups is 1. The highest BCUT2D eigenvalue weighted by molar-refractivity contribution is 6.36. The van der Waals surface area contributed by atoms with Crippen molar-refractivity contribution in [1.82, 2.24) is 15.1 Å². The highest BCUT2D eigenvalue weighted by atomic mass is 35.5. The largest absolute Gasteiger partial charge is 0.403 e. The van der Waals surface area contributed by atoms with E-state index in [0.29, 0.717) is 11.6 Å². The van der Waals surface area contributed by atoms with E-state index in [1.54, 1.807) is 6.07 Å². The van der Waals surface area contributed by atoms with E-state index in [2.05, 4.69) is 23.5 Å². The van der Waals surface area contributed by atoms with E-state index in [-0.39, 0.29) is 21.7 Å². The molecule has 3 N–H and O–H groups in total. The van der Waals surface area contributed by atoms with Crippen LogP contribution in [0.4, 0.5) is 0 Å². The Morgan fingerprint density at radius 1 is 1.44 bits per heavy atom. The van der Waals surface area contributed by atoms with Crippen molar-refractivity contribution in [2.45, 2.75) is 38.6 Å². The van der Waals surface area contributed by atoms with Crippen molar-refractivity contribution >= 4 is 40.0 Å². The van der Waals surface area contributed by atoms with Crippen molar-refractivity contribution in [2.75, 3.05) is 0 Å². The fraction of sp³-hybridized carbons (Fsp3) is 0.300. The minimum atomic E-state index is -0.327. The monoisotopic (exact) mass is 404 g/mol. The van der Waals surface area contributed by atoms with Crippen molar-refractivity contribution in [3.63, 3.8) is 0 Å². The topological polar surface area (TPSA) is 72.9 Å². The lowest BCUT2D eigenvalue weighted by molar-refractivity contribution is 0.0967. The van der Waals surface area contributed by atoms with Crippen LogP contribution >= 0.6 is 23.2 Å². The molecule has 7 heteroatoms. The number of hydrogen-bond acceptors (Lipinski definition) is 3. The first-order chi connectivity index (χ1) is 13.0. The number of amides is 1. The number of rotatable bonds is 6. The van der Waals surface area contributed by atoms with Crippen LogP contribution in [0.1, 0.15) is 48.3 Å². The molecule has 1 aromatic carbocycles. The summed E-state index contributed by atoms with van der Waals surface area (Å²) >= 11 is 12.2. The summed E-state index contributed by atoms with van der Waals surface area (Å²) < 4.78 is 2.06. The molecule has 0 bridgehead atoms. The SMILES string of the molecule is C=C/C(Cl)=C(NC(=O)c1ccc2c(CC)nn(C3CCC3)c2c1)\C(Cl)=C/N. The Kier molecular flexibility index (Phi) is 5.92. The molecular weight excluding hydrogens is 383 g/mol. The molecule has 5 nitrogen and oxygen atoms in total. The number of benzene rings is 1. The average molecular weight is 405 g/mol. The van der Waals surface area contributed by atoms with Gasteiger partial charge in [0.25, 0.3) is 5.91 Å². The molecule has 0 unspecified atom stereocenters. The number of halogens is 2. The van der Waals surface area contributed by atoms with Gasteiger partial charge in [-0.3, -0.25) is 9.48 Å². The molecule has 1 heterocycles. The number of nitrogens with two attached hydrogens (primary N) is 1. The predicted molar refractivity (Wildman–Crippen MR) is 111 cm³/mol. The van der Waals surface area contributed by atoms with Gasteiger partial charge in [0.05, 0.1) is 33.0 Å². The third-order valence-corrected chi connectivity index (χ3v) is 5.50. The van der Waals surface area contributed by atoms with Crippen molar-refractivity contribution < 1.29 is 4.79 Å². The van der Waals surface area contributed by atoms with Crippen LogP contribution in [0, 0.1) is 0 Å². The van der Waals surface area contributed by atoms with Crippen LogP contribution in [0.3, 0.4) is 0 Å². The molecule has 1 fully saturated rings. The average Bonchev–Trinajstić information content (AvgIpc) is 3.01. The number of nitrogens with one attached hydrogen (secondary N) is 1. The molecule has 1 amide bonds. The molecule has 1 aromatic heterocycles. The van der Waals surface area contributed by atoms with E-state index < -0.39 is 0 Å². The zero-order chi connectivity index (χ0) is 19.6. The van der Waals surface area contributed by atoms with Gasteiger partial charge in [-0.05, 0) is 43.9 Å². The first kappa shape index (κ1) is 19.5. The van der Waals surface area contributed by atoms with Gasteiger partial charge in [-0.15, -0.1) is 0 Å². The minimum Gasteiger partial charge on any atom is -0.403 e. The van der Waals surface area contributed by atoms with Gasteiger partial charge in [0.15, 0.2) is 0 Å². The highest BCUT2D eigenvalue weighted by Gasteiger charge is 2.24. The van der Waals surface area contributed by atoms with Crippen LogP contribution < -0.4 is 11.1 Å². The number of fused-ring (bicyclic) bond motifs is 1. The minimum absolute atomic E-state index is 0.141. The molecule has 0 saturated heterocycles. The van der Waals surface area contributed by atoms with Crippen molar-refractivity contribution in [2.24, 2.45) is 5.73 Å². The quantitative estimate of drug-likeness (QED) is 0.683. The van der Waals surface area contributed by atoms with E-state index in [4.69, 9.17) is 34.0 Å². The Labute approximate surface area is 168 Å². The van der Waals surface area contributed by atoms with Crippen LogP contribution in [0.15, 0.2) is 52.8 Å². The van der Waals surface area contributed by atoms with E-state index in [1.807, 2.05) is 12.1 Å². The van der Waals surface area contributed by atoms with Gasteiger partial charge >= 0.3 is 0 Å². The fourth-order valence-corrected chi connectivity index (χ4v) is 3.47. The molecule has 27 heavy (non-hydrogen) atoms. The normalized spacial score (nSPS) is 16.0. The zero-order valence-corrected chi connectivity index (χ0v) is 16.6. The molecule has 0 aliphatic heterocycles. The van der Waals surface area contributed by atoms with Crippen LogP contribution in [-0.4, -0.2) is 15.7 Å². The lowest BCUT2D eigenvalue weighted by Gasteiger charge is -2.26. The Bertz CT molecular complexity index is 954. The van der Waals surface area contributed by atoms with E-state index >= 15 is 0 Å². The molecule has 0 atom stereocenters. The summed E-state index contributed by atoms with van der Waals surface area (Å²) in [5, 5.41) is 8.93. The maximum absolute atomic E-state index is 12.8. The van der Waals surface area contributed by atoms with Gasteiger partial charge in [-0.1, -0.05) is 42.8 Å². The Morgan fingerprint density at radius 2 is 2.19 bits per heavy atom. The second kappa shape index (κ2) is 8.19. The van der Waals surface area contributed by atoms with Gasteiger partial charge in [-0.2, -0.15) is 5.10 Å². The van der Waals surface area contributed by atoms with Gasteiger partial charge < -0.3 is 11.1 Å². The van der Waals surface area contributed by atoms with Gasteiger partial charge in [0, 0.05) is 17.1 Å². The van der Waals surface area contributed by atoms with E-state index in [1.165, 1.54) is 18.7 Å². The number of aromatic nitrogens is 2. The first-order valence-electron chi connectivity index (χ1n) is 8.92. The van der Waals surface area contributed by atoms with Gasteiger partial charge in [-0.25, -0.2) is 0 Å². The molecule has 0 radical (unpaired) electrons. The maximum atomic E-state index is 12.8. The summed E-state index contributed by atoms with van der Waals surface area (Å²) in [5.74, 6) is -0.327. The Hall–Kier alpha value is -2.24. The molecule has 142 valence electrons. The van der Waals surface area contributed by atoms with Crippen LogP contribution in [0.5, 0.6) is 0 Å². The standard InChI is InChI=1S/C20H22Cl2N4O/c1-3-15(21)19(16(22)11-23)24-20(27)12-8-9-14-17(4-2)25-26(18(14)10-12)13-6-5-7-13/h3,8-11,13H,1,4-7,23H2,2H3,(H,24,27)/b16-11+,19-15-. The van der Waals surface area contributed by atoms with Crippen molar-refractivity contribution in [1.29, 1.82) is 0 Å². The molecular formula is C20H22Cl2N4O. The van der Waals surface area contributed by atoms with E-state index in [0.717, 1.165) is 35.9 Å². The molecule has 0 spiro atoms. The van der Waals surface area contributed by atoms with Crippen LogP contribution in [-0.2, 0) is 6.42 Å². The summed E-state index contributed by atoms with van der Waals surface area (Å²) in [6, 6.07) is 6.01. The van der Waals surface area contributed by atoms with E-state index in [9.17, 15) is 4.79 Å². The molecule has 2 aromatic rings. The summed E-state index contributed by atoms with van der Waals surface area (Å²) in [6.45, 7) is 5.69. The Morgan fingerprint density at radius 3 is 2.74 bits per heavy atom. The summed E-state index contributed by atoms with van der Waals surface area (Å²) in [7, 11) is 0.